The van der Waals surface area contributed by atoms with Crippen LogP contribution in [0.2, 0.25) is 5.02 Å². The maximum atomic E-state index is 13.5. The molecule has 8 heteroatoms. The molecule has 126 valence electrons. The number of carbonyl (C=O) groups excluding carboxylic acids is 2. The van der Waals surface area contributed by atoms with E-state index in [4.69, 9.17) is 17.3 Å². The van der Waals surface area contributed by atoms with Crippen LogP contribution in [-0.2, 0) is 4.79 Å². The molecule has 6 nitrogen and oxygen atoms in total. The summed E-state index contributed by atoms with van der Waals surface area (Å²) in [6.45, 7) is 3.23. The first kappa shape index (κ1) is 17.5. The van der Waals surface area contributed by atoms with E-state index in [0.717, 1.165) is 19.2 Å². The Morgan fingerprint density at radius 2 is 1.96 bits per heavy atom. The number of likely N-dealkylation sites (N-methyl/N-ethyl adjacent to an activating group) is 1. The molecule has 0 saturated carbocycles. The van der Waals surface area contributed by atoms with Gasteiger partial charge in [-0.25, -0.2) is 4.39 Å². The topological polar surface area (TPSA) is 78.7 Å². The van der Waals surface area contributed by atoms with Crippen molar-refractivity contribution < 1.29 is 14.0 Å². The third-order valence-corrected chi connectivity index (χ3v) is 4.04. The largest absolute Gasteiger partial charge is 0.396 e. The zero-order valence-corrected chi connectivity index (χ0v) is 13.7. The second-order valence-corrected chi connectivity index (χ2v) is 5.98. The number of piperazine rings is 1. The highest BCUT2D eigenvalue weighted by Crippen LogP contribution is 2.21. The van der Waals surface area contributed by atoms with Crippen LogP contribution in [0.15, 0.2) is 12.1 Å². The molecule has 0 unspecified atom stereocenters. The Kier molecular flexibility index (Phi) is 5.79. The van der Waals surface area contributed by atoms with Gasteiger partial charge in [-0.15, -0.1) is 0 Å². The predicted octanol–water partition coefficient (Wildman–Crippen LogP) is 0.955. The standard InChI is InChI=1S/C15H20ClFN4O2/c1-20-4-6-21(7-5-20)13(22)2-3-19-15(23)11-8-10(16)9-12(17)14(11)18/h8-9H,2-7,18H2,1H3,(H,19,23). The van der Waals surface area contributed by atoms with Crippen LogP contribution < -0.4 is 11.1 Å². The molecule has 1 aliphatic rings. The van der Waals surface area contributed by atoms with Gasteiger partial charge in [0.2, 0.25) is 5.91 Å². The summed E-state index contributed by atoms with van der Waals surface area (Å²) < 4.78 is 13.5. The minimum absolute atomic E-state index is 0.0105. The van der Waals surface area contributed by atoms with E-state index in [1.165, 1.54) is 6.07 Å². The summed E-state index contributed by atoms with van der Waals surface area (Å²) in [7, 11) is 2.01. The SMILES string of the molecule is CN1CCN(C(=O)CCNC(=O)c2cc(Cl)cc(F)c2N)CC1. The van der Waals surface area contributed by atoms with E-state index in [1.54, 1.807) is 4.90 Å². The van der Waals surface area contributed by atoms with E-state index in [-0.39, 0.29) is 35.1 Å². The van der Waals surface area contributed by atoms with Crippen LogP contribution in [0.5, 0.6) is 0 Å². The van der Waals surface area contributed by atoms with Crippen molar-refractivity contribution in [2.24, 2.45) is 0 Å². The molecule has 1 heterocycles. The minimum atomic E-state index is -0.740. The van der Waals surface area contributed by atoms with Crippen LogP contribution in [0.25, 0.3) is 0 Å². The summed E-state index contributed by atoms with van der Waals surface area (Å²) in [6.07, 6.45) is 0.193. The van der Waals surface area contributed by atoms with Crippen LogP contribution >= 0.6 is 11.6 Å². The molecular formula is C15H20ClFN4O2. The summed E-state index contributed by atoms with van der Waals surface area (Å²) >= 11 is 5.72. The lowest BCUT2D eigenvalue weighted by Crippen LogP contribution is -2.47. The van der Waals surface area contributed by atoms with Crippen molar-refractivity contribution >= 4 is 29.1 Å². The van der Waals surface area contributed by atoms with E-state index >= 15 is 0 Å². The van der Waals surface area contributed by atoms with Crippen LogP contribution in [0.1, 0.15) is 16.8 Å². The lowest BCUT2D eigenvalue weighted by molar-refractivity contribution is -0.132. The number of carbonyl (C=O) groups is 2. The fraction of sp³-hybridized carbons (Fsp3) is 0.467. The van der Waals surface area contributed by atoms with Gasteiger partial charge in [-0.05, 0) is 19.2 Å². The highest BCUT2D eigenvalue weighted by Gasteiger charge is 2.19. The molecule has 0 bridgehead atoms. The molecule has 23 heavy (non-hydrogen) atoms. The van der Waals surface area contributed by atoms with Crippen LogP contribution in [0.4, 0.5) is 10.1 Å². The third-order valence-electron chi connectivity index (χ3n) is 3.82. The summed E-state index contributed by atoms with van der Waals surface area (Å²) in [4.78, 5) is 28.0. The molecule has 0 spiro atoms. The molecule has 0 atom stereocenters. The Balaban J connectivity index is 1.84. The lowest BCUT2D eigenvalue weighted by atomic mass is 10.1. The molecule has 0 aromatic heterocycles. The van der Waals surface area contributed by atoms with Gasteiger partial charge in [0.15, 0.2) is 0 Å². The summed E-state index contributed by atoms with van der Waals surface area (Å²) in [6, 6.07) is 2.35. The van der Waals surface area contributed by atoms with Crippen molar-refractivity contribution in [2.45, 2.75) is 6.42 Å². The molecule has 1 aromatic rings. The van der Waals surface area contributed by atoms with E-state index in [9.17, 15) is 14.0 Å². The smallest absolute Gasteiger partial charge is 0.253 e. The second kappa shape index (κ2) is 7.61. The number of nitrogens with one attached hydrogen (secondary N) is 1. The molecule has 2 rings (SSSR count). The van der Waals surface area contributed by atoms with E-state index in [1.807, 2.05) is 7.05 Å². The Labute approximate surface area is 139 Å². The number of hydrogen-bond acceptors (Lipinski definition) is 4. The van der Waals surface area contributed by atoms with Gasteiger partial charge in [-0.3, -0.25) is 9.59 Å². The number of hydrogen-bond donors (Lipinski definition) is 2. The molecule has 3 N–H and O–H groups in total. The molecule has 0 radical (unpaired) electrons. The van der Waals surface area contributed by atoms with Crippen molar-refractivity contribution in [1.82, 2.24) is 15.1 Å². The molecule has 1 fully saturated rings. The average molecular weight is 343 g/mol. The lowest BCUT2D eigenvalue weighted by Gasteiger charge is -2.32. The van der Waals surface area contributed by atoms with E-state index in [0.29, 0.717) is 13.1 Å². The van der Waals surface area contributed by atoms with Crippen molar-refractivity contribution in [3.63, 3.8) is 0 Å². The third kappa shape index (κ3) is 4.56. The van der Waals surface area contributed by atoms with Crippen molar-refractivity contribution in [1.29, 1.82) is 0 Å². The molecule has 1 aliphatic heterocycles. The zero-order valence-electron chi connectivity index (χ0n) is 12.9. The maximum absolute atomic E-state index is 13.5. The van der Waals surface area contributed by atoms with Crippen molar-refractivity contribution in [3.8, 4) is 0 Å². The maximum Gasteiger partial charge on any atom is 0.253 e. The Hall–Kier alpha value is -1.86. The highest BCUT2D eigenvalue weighted by atomic mass is 35.5. The average Bonchev–Trinajstić information content (AvgIpc) is 2.51. The Morgan fingerprint density at radius 1 is 1.30 bits per heavy atom. The molecule has 0 aliphatic carbocycles. The molecule has 1 saturated heterocycles. The van der Waals surface area contributed by atoms with E-state index in [2.05, 4.69) is 10.2 Å². The number of anilines is 1. The van der Waals surface area contributed by atoms with Crippen LogP contribution in [0.3, 0.4) is 0 Å². The van der Waals surface area contributed by atoms with Gasteiger partial charge in [0.1, 0.15) is 5.82 Å². The molecule has 2 amide bonds. The monoisotopic (exact) mass is 342 g/mol. The quantitative estimate of drug-likeness (QED) is 0.799. The van der Waals surface area contributed by atoms with Gasteiger partial charge in [0.25, 0.3) is 5.91 Å². The molecule has 1 aromatic carbocycles. The fourth-order valence-electron chi connectivity index (χ4n) is 2.36. The number of rotatable bonds is 4. The second-order valence-electron chi connectivity index (χ2n) is 5.54. The summed E-state index contributed by atoms with van der Waals surface area (Å²) in [5.41, 5.74) is 5.26. The molecular weight excluding hydrogens is 323 g/mol. The van der Waals surface area contributed by atoms with Gasteiger partial charge >= 0.3 is 0 Å². The van der Waals surface area contributed by atoms with E-state index < -0.39 is 11.7 Å². The highest BCUT2D eigenvalue weighted by molar-refractivity contribution is 6.31. The first-order valence-electron chi connectivity index (χ1n) is 7.37. The Bertz CT molecular complexity index is 603. The number of nitrogen functional groups attached to an aromatic ring is 1. The Morgan fingerprint density at radius 3 is 2.61 bits per heavy atom. The first-order valence-corrected chi connectivity index (χ1v) is 7.75. The normalized spacial score (nSPS) is 15.5. The fourth-order valence-corrected chi connectivity index (χ4v) is 2.57. The number of halogens is 2. The summed E-state index contributed by atoms with van der Waals surface area (Å²) in [5, 5.41) is 2.66. The first-order chi connectivity index (χ1) is 10.9. The number of nitrogens with zero attached hydrogens (tertiary/aromatic N) is 2. The van der Waals surface area contributed by atoms with Gasteiger partial charge in [0.05, 0.1) is 11.3 Å². The van der Waals surface area contributed by atoms with Crippen LogP contribution in [0, 0.1) is 5.82 Å². The predicted molar refractivity (Wildman–Crippen MR) is 86.8 cm³/mol. The number of amides is 2. The summed E-state index contributed by atoms with van der Waals surface area (Å²) in [5.74, 6) is -1.30. The van der Waals surface area contributed by atoms with Gasteiger partial charge in [-0.1, -0.05) is 11.6 Å². The number of benzene rings is 1. The van der Waals surface area contributed by atoms with Crippen molar-refractivity contribution in [2.75, 3.05) is 45.5 Å². The minimum Gasteiger partial charge on any atom is -0.396 e. The number of nitrogens with two attached hydrogens (primary N) is 1. The van der Waals surface area contributed by atoms with Crippen molar-refractivity contribution in [3.05, 3.63) is 28.5 Å². The zero-order chi connectivity index (χ0) is 17.0. The van der Waals surface area contributed by atoms with Gasteiger partial charge < -0.3 is 20.9 Å². The van der Waals surface area contributed by atoms with Gasteiger partial charge in [0, 0.05) is 44.2 Å². The van der Waals surface area contributed by atoms with Crippen LogP contribution in [-0.4, -0.2) is 61.4 Å². The van der Waals surface area contributed by atoms with Gasteiger partial charge in [-0.2, -0.15) is 0 Å².